The number of aromatic nitrogens is 1. The first-order valence-electron chi connectivity index (χ1n) is 8.56. The van der Waals surface area contributed by atoms with Gasteiger partial charge in [-0.2, -0.15) is 0 Å². The van der Waals surface area contributed by atoms with E-state index in [1.165, 1.54) is 24.3 Å². The molecule has 0 atom stereocenters. The van der Waals surface area contributed by atoms with Crippen LogP contribution in [0, 0.1) is 6.92 Å². The molecule has 1 aromatic rings. The maximum absolute atomic E-state index is 10.3. The first-order chi connectivity index (χ1) is 12.0. The fourth-order valence-corrected chi connectivity index (χ4v) is 2.92. The van der Waals surface area contributed by atoms with Gasteiger partial charge in [0, 0.05) is 7.05 Å². The highest BCUT2D eigenvalue weighted by Gasteiger charge is 2.17. The minimum absolute atomic E-state index is 0.275. The molecule has 0 radical (unpaired) electrons. The minimum Gasteiger partial charge on any atom is -0.489 e. The molecule has 8 heteroatoms. The SMILES string of the molecule is Cc1nc(/C(N)=C(\CNNC=O)N(C)N)ccc1OC1CCCCC1. The van der Waals surface area contributed by atoms with Crippen LogP contribution in [0.1, 0.15) is 43.5 Å². The number of hydrogen-bond acceptors (Lipinski definition) is 7. The van der Waals surface area contributed by atoms with Gasteiger partial charge >= 0.3 is 0 Å². The van der Waals surface area contributed by atoms with Gasteiger partial charge in [0.15, 0.2) is 0 Å². The first-order valence-corrected chi connectivity index (χ1v) is 8.56. The zero-order chi connectivity index (χ0) is 18.2. The van der Waals surface area contributed by atoms with Gasteiger partial charge in [-0.25, -0.2) is 16.3 Å². The number of nitrogens with one attached hydrogen (secondary N) is 2. The van der Waals surface area contributed by atoms with E-state index in [4.69, 9.17) is 16.3 Å². The van der Waals surface area contributed by atoms with E-state index < -0.39 is 0 Å². The summed E-state index contributed by atoms with van der Waals surface area (Å²) in [6.07, 6.45) is 6.75. The Labute approximate surface area is 148 Å². The number of aryl methyl sites for hydroxylation is 1. The fraction of sp³-hybridized carbons (Fsp3) is 0.529. The second kappa shape index (κ2) is 9.24. The number of pyridine rings is 1. The molecule has 8 nitrogen and oxygen atoms in total. The Balaban J connectivity index is 2.15. The van der Waals surface area contributed by atoms with E-state index in [1.807, 2.05) is 19.1 Å². The molecule has 0 saturated heterocycles. The van der Waals surface area contributed by atoms with Gasteiger partial charge in [0.1, 0.15) is 5.75 Å². The van der Waals surface area contributed by atoms with Crippen LogP contribution in [-0.4, -0.2) is 36.1 Å². The summed E-state index contributed by atoms with van der Waals surface area (Å²) in [6.45, 7) is 2.19. The van der Waals surface area contributed by atoms with Crippen LogP contribution in [-0.2, 0) is 4.79 Å². The summed E-state index contributed by atoms with van der Waals surface area (Å²) >= 11 is 0. The van der Waals surface area contributed by atoms with Gasteiger partial charge < -0.3 is 15.5 Å². The Kier molecular flexibility index (Phi) is 7.03. The number of likely N-dealkylation sites (N-methyl/N-ethyl adjacent to an activating group) is 1. The average molecular weight is 348 g/mol. The van der Waals surface area contributed by atoms with Crippen LogP contribution in [0.5, 0.6) is 5.75 Å². The van der Waals surface area contributed by atoms with Crippen LogP contribution < -0.4 is 27.2 Å². The normalized spacial score (nSPS) is 16.1. The number of nitrogens with two attached hydrogens (primary N) is 2. The lowest BCUT2D eigenvalue weighted by atomic mass is 9.98. The summed E-state index contributed by atoms with van der Waals surface area (Å²) < 4.78 is 6.09. The lowest BCUT2D eigenvalue weighted by molar-refractivity contribution is -0.110. The Morgan fingerprint density at radius 3 is 2.72 bits per heavy atom. The number of hydrazine groups is 2. The van der Waals surface area contributed by atoms with Crippen LogP contribution >= 0.6 is 0 Å². The molecule has 0 bridgehead atoms. The second-order valence-electron chi connectivity index (χ2n) is 6.24. The van der Waals surface area contributed by atoms with Gasteiger partial charge in [-0.15, -0.1) is 0 Å². The molecular weight excluding hydrogens is 320 g/mol. The maximum atomic E-state index is 10.3. The zero-order valence-electron chi connectivity index (χ0n) is 14.9. The summed E-state index contributed by atoms with van der Waals surface area (Å²) in [5, 5.41) is 1.40. The molecule has 25 heavy (non-hydrogen) atoms. The van der Waals surface area contributed by atoms with Gasteiger partial charge in [0.25, 0.3) is 0 Å². The van der Waals surface area contributed by atoms with Gasteiger partial charge in [-0.1, -0.05) is 6.42 Å². The van der Waals surface area contributed by atoms with Crippen molar-refractivity contribution in [1.29, 1.82) is 0 Å². The highest BCUT2D eigenvalue weighted by Crippen LogP contribution is 2.26. The summed E-state index contributed by atoms with van der Waals surface area (Å²) in [7, 11) is 1.68. The topological polar surface area (TPSA) is 119 Å². The second-order valence-corrected chi connectivity index (χ2v) is 6.24. The number of carbonyl (C=O) groups excluding carboxylic acids is 1. The van der Waals surface area contributed by atoms with Crippen molar-refractivity contribution in [3.8, 4) is 5.75 Å². The molecule has 0 unspecified atom stereocenters. The molecule has 138 valence electrons. The number of hydrogen-bond donors (Lipinski definition) is 4. The van der Waals surface area contributed by atoms with E-state index >= 15 is 0 Å². The van der Waals surface area contributed by atoms with E-state index in [2.05, 4.69) is 15.8 Å². The Morgan fingerprint density at radius 1 is 1.40 bits per heavy atom. The van der Waals surface area contributed by atoms with Crippen LogP contribution in [0.25, 0.3) is 5.70 Å². The zero-order valence-corrected chi connectivity index (χ0v) is 14.9. The average Bonchev–Trinajstić information content (AvgIpc) is 2.60. The molecule has 1 aliphatic rings. The maximum Gasteiger partial charge on any atom is 0.221 e. The van der Waals surface area contributed by atoms with Crippen LogP contribution in [0.15, 0.2) is 17.8 Å². The van der Waals surface area contributed by atoms with Crippen molar-refractivity contribution in [2.75, 3.05) is 13.6 Å². The lowest BCUT2D eigenvalue weighted by Crippen LogP contribution is -2.39. The van der Waals surface area contributed by atoms with Gasteiger partial charge in [0.2, 0.25) is 6.41 Å². The number of carbonyl (C=O) groups is 1. The third-order valence-electron chi connectivity index (χ3n) is 4.31. The van der Waals surface area contributed by atoms with E-state index in [9.17, 15) is 4.79 Å². The molecule has 2 rings (SSSR count). The summed E-state index contributed by atoms with van der Waals surface area (Å²) in [5.41, 5.74) is 13.8. The lowest BCUT2D eigenvalue weighted by Gasteiger charge is -2.24. The van der Waals surface area contributed by atoms with Crippen molar-refractivity contribution in [3.63, 3.8) is 0 Å². The third-order valence-corrected chi connectivity index (χ3v) is 4.31. The summed E-state index contributed by atoms with van der Waals surface area (Å²) in [4.78, 5) is 14.9. The summed E-state index contributed by atoms with van der Waals surface area (Å²) in [6, 6.07) is 3.74. The predicted molar refractivity (Wildman–Crippen MR) is 96.7 cm³/mol. The number of amides is 1. The van der Waals surface area contributed by atoms with Crippen LogP contribution in [0.2, 0.25) is 0 Å². The number of ether oxygens (including phenoxy) is 1. The molecule has 1 aromatic heterocycles. The molecule has 1 fully saturated rings. The van der Waals surface area contributed by atoms with Crippen molar-refractivity contribution in [2.24, 2.45) is 11.6 Å². The molecule has 0 spiro atoms. The monoisotopic (exact) mass is 348 g/mol. The van der Waals surface area contributed by atoms with Gasteiger partial charge in [0.05, 0.1) is 35.4 Å². The third kappa shape index (κ3) is 5.33. The largest absolute Gasteiger partial charge is 0.489 e. The van der Waals surface area contributed by atoms with Crippen molar-refractivity contribution in [2.45, 2.75) is 45.1 Å². The Bertz CT molecular complexity index is 611. The van der Waals surface area contributed by atoms with Crippen molar-refractivity contribution >= 4 is 12.1 Å². The summed E-state index contributed by atoms with van der Waals surface area (Å²) in [5.74, 6) is 6.63. The van der Waals surface area contributed by atoms with E-state index in [0.717, 1.165) is 24.3 Å². The fourth-order valence-electron chi connectivity index (χ4n) is 2.92. The molecule has 1 amide bonds. The van der Waals surface area contributed by atoms with Crippen molar-refractivity contribution in [3.05, 3.63) is 29.2 Å². The molecule has 1 saturated carbocycles. The molecule has 0 aromatic carbocycles. The van der Waals surface area contributed by atoms with Crippen molar-refractivity contribution in [1.82, 2.24) is 20.8 Å². The van der Waals surface area contributed by atoms with E-state index in [1.54, 1.807) is 7.05 Å². The van der Waals surface area contributed by atoms with E-state index in [-0.39, 0.29) is 12.6 Å². The van der Waals surface area contributed by atoms with Gasteiger partial charge in [-0.05, 0) is 44.7 Å². The highest BCUT2D eigenvalue weighted by molar-refractivity contribution is 5.63. The standard InChI is InChI=1S/C17H28N6O2/c1-12-16(25-13-6-4-3-5-7-13)9-8-14(22-12)17(18)15(23(2)19)10-20-21-11-24/h8-9,11,13,20H,3-7,10,18-19H2,1-2H3,(H,21,24)/b17-15-. The van der Waals surface area contributed by atoms with Crippen molar-refractivity contribution < 1.29 is 9.53 Å². The Morgan fingerprint density at radius 2 is 2.12 bits per heavy atom. The highest BCUT2D eigenvalue weighted by atomic mass is 16.5. The van der Waals surface area contributed by atoms with E-state index in [0.29, 0.717) is 23.5 Å². The molecule has 6 N–H and O–H groups in total. The number of rotatable bonds is 8. The first kappa shape index (κ1) is 19.0. The van der Waals surface area contributed by atoms with Crippen LogP contribution in [0.3, 0.4) is 0 Å². The predicted octanol–water partition coefficient (Wildman–Crippen LogP) is 0.785. The molecular formula is C17H28N6O2. The minimum atomic E-state index is 0.275. The van der Waals surface area contributed by atoms with Gasteiger partial charge in [-0.3, -0.25) is 10.2 Å². The molecule has 1 heterocycles. The quantitative estimate of drug-likeness (QED) is 0.237. The Hall–Kier alpha value is -2.32. The molecule has 1 aliphatic carbocycles. The van der Waals surface area contributed by atoms with Crippen LogP contribution in [0.4, 0.5) is 0 Å². The number of nitrogens with zero attached hydrogens (tertiary/aromatic N) is 2. The molecule has 0 aliphatic heterocycles. The smallest absolute Gasteiger partial charge is 0.221 e.